The Morgan fingerprint density at radius 1 is 0.862 bits per heavy atom. The summed E-state index contributed by atoms with van der Waals surface area (Å²) in [5, 5.41) is 1.78. The third-order valence-electron chi connectivity index (χ3n) is 5.55. The molecule has 0 spiro atoms. The van der Waals surface area contributed by atoms with Crippen LogP contribution in [-0.2, 0) is 10.5 Å². The van der Waals surface area contributed by atoms with Crippen molar-refractivity contribution in [2.45, 2.75) is 5.66 Å². The first-order valence-corrected chi connectivity index (χ1v) is 9.52. The third kappa shape index (κ3) is 2.72. The molecule has 2 aliphatic heterocycles. The quantitative estimate of drug-likeness (QED) is 0.671. The third-order valence-corrected chi connectivity index (χ3v) is 5.55. The van der Waals surface area contributed by atoms with Crippen molar-refractivity contribution in [2.75, 3.05) is 30.1 Å². The molecule has 3 aromatic rings. The van der Waals surface area contributed by atoms with E-state index in [4.69, 9.17) is 9.57 Å². The summed E-state index contributed by atoms with van der Waals surface area (Å²) in [6.07, 6.45) is -0.366. The largest absolute Gasteiger partial charge is 0.497 e. The van der Waals surface area contributed by atoms with Gasteiger partial charge in [-0.1, -0.05) is 53.6 Å². The van der Waals surface area contributed by atoms with Crippen LogP contribution in [0.1, 0.15) is 5.56 Å². The van der Waals surface area contributed by atoms with Crippen LogP contribution in [0.25, 0.3) is 0 Å². The molecule has 146 valence electrons. The van der Waals surface area contributed by atoms with E-state index >= 15 is 0 Å². The molecular weight excluding hydrogens is 366 g/mol. The van der Waals surface area contributed by atoms with Gasteiger partial charge in [-0.3, -0.25) is 0 Å². The zero-order valence-corrected chi connectivity index (χ0v) is 16.1. The maximum Gasteiger partial charge on any atom is 0.435 e. The number of methoxy groups -OCH3 is 1. The van der Waals surface area contributed by atoms with E-state index in [1.165, 1.54) is 0 Å². The lowest BCUT2D eigenvalue weighted by Gasteiger charge is -2.35. The summed E-state index contributed by atoms with van der Waals surface area (Å²) in [7, 11) is 1.66. The van der Waals surface area contributed by atoms with Crippen LogP contribution in [-0.4, -0.2) is 31.5 Å². The molecule has 0 aliphatic carbocycles. The van der Waals surface area contributed by atoms with Crippen LogP contribution in [0.15, 0.2) is 84.9 Å². The number of benzene rings is 3. The Morgan fingerprint density at radius 3 is 2.17 bits per heavy atom. The molecule has 0 N–H and O–H groups in total. The number of para-hydroxylation sites is 1. The Labute approximate surface area is 169 Å². The second kappa shape index (κ2) is 6.83. The van der Waals surface area contributed by atoms with Gasteiger partial charge < -0.3 is 14.5 Å². The minimum Gasteiger partial charge on any atom is -0.497 e. The molecule has 2 fully saturated rings. The topological polar surface area (TPSA) is 45.3 Å². The summed E-state index contributed by atoms with van der Waals surface area (Å²) in [4.78, 5) is 22.6. The zero-order valence-electron chi connectivity index (χ0n) is 16.1. The highest BCUT2D eigenvalue weighted by atomic mass is 16.8. The maximum atomic E-state index is 12.9. The van der Waals surface area contributed by atoms with Crippen LogP contribution in [0.5, 0.6) is 5.75 Å². The summed E-state index contributed by atoms with van der Waals surface area (Å²) in [5.74, 6) is 0.809. The monoisotopic (exact) mass is 387 g/mol. The van der Waals surface area contributed by atoms with Crippen molar-refractivity contribution in [3.05, 3.63) is 90.5 Å². The van der Waals surface area contributed by atoms with Gasteiger partial charge in [0.15, 0.2) is 5.66 Å². The van der Waals surface area contributed by atoms with Crippen LogP contribution in [0.2, 0.25) is 0 Å². The Kier molecular flexibility index (Phi) is 4.14. The first kappa shape index (κ1) is 17.6. The number of nitrogens with zero attached hydrogens (tertiary/aromatic N) is 3. The van der Waals surface area contributed by atoms with Gasteiger partial charge in [0.1, 0.15) is 12.4 Å². The molecule has 1 amide bonds. The fourth-order valence-corrected chi connectivity index (χ4v) is 4.17. The van der Waals surface area contributed by atoms with Crippen molar-refractivity contribution in [2.24, 2.45) is 0 Å². The summed E-state index contributed by atoms with van der Waals surface area (Å²) in [6.45, 7) is 1.04. The zero-order chi connectivity index (χ0) is 19.8. The van der Waals surface area contributed by atoms with E-state index in [1.807, 2.05) is 84.9 Å². The second-order valence-electron chi connectivity index (χ2n) is 7.13. The van der Waals surface area contributed by atoms with E-state index in [1.54, 1.807) is 17.1 Å². The number of hydroxylamine groups is 2. The molecule has 29 heavy (non-hydrogen) atoms. The Bertz CT molecular complexity index is 1010. The number of carbonyl (C=O) groups excluding carboxylic acids is 1. The second-order valence-corrected chi connectivity index (χ2v) is 7.13. The fraction of sp³-hybridized carbons (Fsp3) is 0.174. The van der Waals surface area contributed by atoms with Crippen LogP contribution < -0.4 is 14.5 Å². The summed E-state index contributed by atoms with van der Waals surface area (Å²) in [5.41, 5.74) is 2.10. The van der Waals surface area contributed by atoms with Gasteiger partial charge in [-0.05, 0) is 42.0 Å². The lowest BCUT2D eigenvalue weighted by Crippen LogP contribution is -2.50. The van der Waals surface area contributed by atoms with E-state index in [0.717, 1.165) is 22.7 Å². The minimum absolute atomic E-state index is 0.366. The van der Waals surface area contributed by atoms with Crippen molar-refractivity contribution in [1.82, 2.24) is 5.06 Å². The molecule has 1 unspecified atom stereocenters. The molecule has 2 heterocycles. The van der Waals surface area contributed by atoms with Crippen molar-refractivity contribution in [1.29, 1.82) is 0 Å². The summed E-state index contributed by atoms with van der Waals surface area (Å²) >= 11 is 0. The number of carbonyl (C=O) groups is 1. The summed E-state index contributed by atoms with van der Waals surface area (Å²) in [6, 6.07) is 27.6. The molecule has 0 radical (unpaired) electrons. The average molecular weight is 387 g/mol. The molecule has 2 saturated heterocycles. The molecule has 6 heteroatoms. The number of amides is 1. The predicted molar refractivity (Wildman–Crippen MR) is 111 cm³/mol. The normalized spacial score (nSPS) is 21.2. The molecule has 3 aromatic carbocycles. The van der Waals surface area contributed by atoms with Gasteiger partial charge >= 0.3 is 6.09 Å². The molecule has 1 atom stereocenters. The van der Waals surface area contributed by atoms with Gasteiger partial charge in [-0.2, -0.15) is 0 Å². The van der Waals surface area contributed by atoms with Gasteiger partial charge in [0.2, 0.25) is 0 Å². The molecule has 6 nitrogen and oxygen atoms in total. The number of rotatable bonds is 4. The van der Waals surface area contributed by atoms with E-state index in [0.29, 0.717) is 13.2 Å². The molecular formula is C23H21N3O3. The summed E-state index contributed by atoms with van der Waals surface area (Å²) < 4.78 is 5.28. The molecule has 0 bridgehead atoms. The predicted octanol–water partition coefficient (Wildman–Crippen LogP) is 4.20. The number of hydrogen-bond acceptors (Lipinski definition) is 5. The highest BCUT2D eigenvalue weighted by Gasteiger charge is 2.60. The molecule has 0 aromatic heterocycles. The number of ether oxygens (including phenoxy) is 1. The van der Waals surface area contributed by atoms with E-state index in [9.17, 15) is 4.79 Å². The number of anilines is 2. The van der Waals surface area contributed by atoms with Gasteiger partial charge in [0.25, 0.3) is 0 Å². The Hall–Kier alpha value is -3.51. The van der Waals surface area contributed by atoms with Crippen LogP contribution in [0, 0.1) is 0 Å². The van der Waals surface area contributed by atoms with Crippen LogP contribution in [0.4, 0.5) is 16.2 Å². The average Bonchev–Trinajstić information content (AvgIpc) is 3.27. The van der Waals surface area contributed by atoms with Gasteiger partial charge in [-0.25, -0.2) is 9.69 Å². The van der Waals surface area contributed by atoms with E-state index in [-0.39, 0.29) is 6.09 Å². The Balaban J connectivity index is 1.60. The fourth-order valence-electron chi connectivity index (χ4n) is 4.17. The highest BCUT2D eigenvalue weighted by Crippen LogP contribution is 2.46. The molecule has 0 saturated carbocycles. The van der Waals surface area contributed by atoms with E-state index < -0.39 is 5.66 Å². The van der Waals surface area contributed by atoms with Crippen molar-refractivity contribution in [3.63, 3.8) is 0 Å². The van der Waals surface area contributed by atoms with Crippen LogP contribution >= 0.6 is 0 Å². The van der Waals surface area contributed by atoms with Crippen molar-refractivity contribution < 1.29 is 14.4 Å². The van der Waals surface area contributed by atoms with Crippen molar-refractivity contribution in [3.8, 4) is 5.75 Å². The standard InChI is InChI=1S/C23H21N3O3/c1-28-21-14-12-19(13-15-21)24-16-23(18-8-4-2-5-9-18)25(17-24)29-22(27)26(23)20-10-6-3-7-11-20/h2-15H,16-17H2,1H3. The van der Waals surface area contributed by atoms with Crippen molar-refractivity contribution >= 4 is 17.5 Å². The SMILES string of the molecule is COc1ccc(N2CN3OC(=O)N(c4ccccc4)C3(c3ccccc3)C2)cc1. The van der Waals surface area contributed by atoms with E-state index in [2.05, 4.69) is 4.90 Å². The maximum absolute atomic E-state index is 12.9. The molecule has 5 rings (SSSR count). The van der Waals surface area contributed by atoms with Gasteiger partial charge in [0, 0.05) is 11.4 Å². The smallest absolute Gasteiger partial charge is 0.435 e. The first-order chi connectivity index (χ1) is 14.2. The minimum atomic E-state index is -0.750. The number of hydrogen-bond donors (Lipinski definition) is 0. The first-order valence-electron chi connectivity index (χ1n) is 9.52. The molecule has 2 aliphatic rings. The Morgan fingerprint density at radius 2 is 1.52 bits per heavy atom. The number of fused-ring (bicyclic) bond motifs is 1. The highest BCUT2D eigenvalue weighted by molar-refractivity contribution is 5.91. The lowest BCUT2D eigenvalue weighted by molar-refractivity contribution is -0.105. The lowest BCUT2D eigenvalue weighted by atomic mass is 9.97. The van der Waals surface area contributed by atoms with Gasteiger partial charge in [-0.15, -0.1) is 0 Å². The van der Waals surface area contributed by atoms with Crippen LogP contribution in [0.3, 0.4) is 0 Å². The van der Waals surface area contributed by atoms with Gasteiger partial charge in [0.05, 0.1) is 13.7 Å².